The van der Waals surface area contributed by atoms with Crippen LogP contribution in [-0.4, -0.2) is 22.6 Å². The molecule has 0 fully saturated rings. The number of ether oxygens (including phenoxy) is 1. The summed E-state index contributed by atoms with van der Waals surface area (Å²) in [5.41, 5.74) is 2.73. The van der Waals surface area contributed by atoms with Crippen molar-refractivity contribution >= 4 is 5.91 Å². The van der Waals surface area contributed by atoms with E-state index in [-0.39, 0.29) is 5.91 Å². The summed E-state index contributed by atoms with van der Waals surface area (Å²) >= 11 is 0. The predicted molar refractivity (Wildman–Crippen MR) is 88.0 cm³/mol. The fourth-order valence-corrected chi connectivity index (χ4v) is 2.38. The molecular formula is C18H22N2O3. The molecular weight excluding hydrogens is 292 g/mol. The summed E-state index contributed by atoms with van der Waals surface area (Å²) in [5, 5.41) is 3.94. The lowest BCUT2D eigenvalue weighted by Crippen LogP contribution is -2.28. The highest BCUT2D eigenvalue weighted by Gasteiger charge is 2.17. The number of carbonyl (C=O) groups excluding carboxylic acids is 1. The second kappa shape index (κ2) is 7.63. The second-order valence-electron chi connectivity index (χ2n) is 5.28. The molecule has 122 valence electrons. The van der Waals surface area contributed by atoms with Gasteiger partial charge in [-0.15, -0.1) is 0 Å². The van der Waals surface area contributed by atoms with Crippen molar-refractivity contribution in [2.75, 3.05) is 6.61 Å². The topological polar surface area (TPSA) is 55.6 Å². The molecule has 0 aliphatic rings. The van der Waals surface area contributed by atoms with Crippen molar-refractivity contribution in [3.8, 4) is 5.75 Å². The predicted octanol–water partition coefficient (Wildman–Crippen LogP) is 3.40. The summed E-state index contributed by atoms with van der Waals surface area (Å²) in [6.07, 6.45) is 1.32. The summed E-state index contributed by atoms with van der Waals surface area (Å²) < 4.78 is 10.7. The molecule has 0 N–H and O–H groups in total. The van der Waals surface area contributed by atoms with Gasteiger partial charge in [-0.05, 0) is 44.5 Å². The highest BCUT2D eigenvalue weighted by atomic mass is 16.5. The molecule has 2 rings (SSSR count). The highest BCUT2D eigenvalue weighted by molar-refractivity contribution is 5.87. The van der Waals surface area contributed by atoms with E-state index in [1.807, 2.05) is 45.0 Å². The third-order valence-corrected chi connectivity index (χ3v) is 3.60. The fraction of sp³-hybridized carbons (Fsp3) is 0.333. The molecule has 5 heteroatoms. The first-order valence-electron chi connectivity index (χ1n) is 7.60. The Kier molecular flexibility index (Phi) is 5.57. The average molecular weight is 314 g/mol. The highest BCUT2D eigenvalue weighted by Crippen LogP contribution is 2.19. The molecule has 0 bridgehead atoms. The van der Waals surface area contributed by atoms with Gasteiger partial charge in [0, 0.05) is 12.1 Å². The van der Waals surface area contributed by atoms with Crippen LogP contribution < -0.4 is 4.74 Å². The number of rotatable bonds is 7. The van der Waals surface area contributed by atoms with E-state index in [4.69, 9.17) is 9.26 Å². The van der Waals surface area contributed by atoms with Crippen LogP contribution in [0.3, 0.4) is 0 Å². The van der Waals surface area contributed by atoms with Gasteiger partial charge < -0.3 is 14.2 Å². The van der Waals surface area contributed by atoms with Crippen LogP contribution in [-0.2, 0) is 17.9 Å². The zero-order valence-electron chi connectivity index (χ0n) is 13.8. The molecule has 5 nitrogen and oxygen atoms in total. The van der Waals surface area contributed by atoms with Crippen LogP contribution in [0.25, 0.3) is 0 Å². The van der Waals surface area contributed by atoms with E-state index < -0.39 is 0 Å². The van der Waals surface area contributed by atoms with E-state index in [2.05, 4.69) is 11.7 Å². The van der Waals surface area contributed by atoms with E-state index in [9.17, 15) is 4.79 Å². The van der Waals surface area contributed by atoms with Crippen LogP contribution in [0, 0.1) is 13.8 Å². The maximum atomic E-state index is 12.2. The first-order chi connectivity index (χ1) is 11.0. The molecule has 1 aromatic heterocycles. The molecule has 23 heavy (non-hydrogen) atoms. The number of benzene rings is 1. The van der Waals surface area contributed by atoms with Gasteiger partial charge in [-0.2, -0.15) is 0 Å². The Morgan fingerprint density at radius 1 is 1.39 bits per heavy atom. The Hall–Kier alpha value is -2.56. The van der Waals surface area contributed by atoms with Crippen molar-refractivity contribution in [2.24, 2.45) is 0 Å². The summed E-state index contributed by atoms with van der Waals surface area (Å²) in [4.78, 5) is 13.9. The van der Waals surface area contributed by atoms with Gasteiger partial charge in [0.25, 0.3) is 0 Å². The Bertz CT molecular complexity index is 672. The Morgan fingerprint density at radius 3 is 2.78 bits per heavy atom. The number of hydrogen-bond donors (Lipinski definition) is 0. The van der Waals surface area contributed by atoms with Gasteiger partial charge in [0.05, 0.1) is 18.8 Å². The Morgan fingerprint density at radius 2 is 2.17 bits per heavy atom. The monoisotopic (exact) mass is 314 g/mol. The zero-order valence-corrected chi connectivity index (χ0v) is 13.8. The molecule has 1 amide bonds. The average Bonchev–Trinajstić information content (AvgIpc) is 2.86. The van der Waals surface area contributed by atoms with Crippen LogP contribution in [0.2, 0.25) is 0 Å². The first kappa shape index (κ1) is 16.8. The van der Waals surface area contributed by atoms with Crippen molar-refractivity contribution in [3.05, 3.63) is 59.5 Å². The van der Waals surface area contributed by atoms with Crippen LogP contribution >= 0.6 is 0 Å². The van der Waals surface area contributed by atoms with Gasteiger partial charge in [0.2, 0.25) is 5.91 Å². The van der Waals surface area contributed by atoms with Crippen molar-refractivity contribution < 1.29 is 14.1 Å². The molecule has 0 atom stereocenters. The Balaban J connectivity index is 2.21. The molecule has 2 aromatic rings. The van der Waals surface area contributed by atoms with E-state index in [1.54, 1.807) is 4.90 Å². The van der Waals surface area contributed by atoms with Crippen LogP contribution in [0.5, 0.6) is 5.75 Å². The molecule has 1 aromatic carbocycles. The fourth-order valence-electron chi connectivity index (χ4n) is 2.38. The maximum absolute atomic E-state index is 12.2. The van der Waals surface area contributed by atoms with Gasteiger partial charge in [-0.3, -0.25) is 4.79 Å². The molecule has 0 unspecified atom stereocenters. The molecule has 0 saturated carbocycles. The minimum Gasteiger partial charge on any atom is -0.494 e. The van der Waals surface area contributed by atoms with Crippen molar-refractivity contribution in [1.82, 2.24) is 10.1 Å². The molecule has 0 radical (unpaired) electrons. The van der Waals surface area contributed by atoms with Gasteiger partial charge >= 0.3 is 0 Å². The van der Waals surface area contributed by atoms with Crippen LogP contribution in [0.1, 0.15) is 29.5 Å². The van der Waals surface area contributed by atoms with E-state index in [0.29, 0.717) is 19.7 Å². The number of carbonyl (C=O) groups is 1. The largest absolute Gasteiger partial charge is 0.494 e. The van der Waals surface area contributed by atoms with Gasteiger partial charge in [-0.1, -0.05) is 23.9 Å². The van der Waals surface area contributed by atoms with E-state index >= 15 is 0 Å². The summed E-state index contributed by atoms with van der Waals surface area (Å²) in [5.74, 6) is 1.40. The summed E-state index contributed by atoms with van der Waals surface area (Å²) in [7, 11) is 0. The molecule has 0 saturated heterocycles. The Labute approximate surface area is 136 Å². The molecule has 0 spiro atoms. The van der Waals surface area contributed by atoms with Crippen LogP contribution in [0.15, 0.2) is 41.4 Å². The summed E-state index contributed by atoms with van der Waals surface area (Å²) in [6.45, 7) is 10.8. The first-order valence-corrected chi connectivity index (χ1v) is 7.60. The van der Waals surface area contributed by atoms with E-state index in [1.165, 1.54) is 6.08 Å². The standard InChI is InChI=1S/C18H22N2O3/c1-5-18(21)20(12-17-13(3)19-23-14(17)4)11-15-8-7-9-16(10-15)22-6-2/h5,7-10H,1,6,11-12H2,2-4H3. The lowest BCUT2D eigenvalue weighted by atomic mass is 10.1. The number of hydrogen-bond acceptors (Lipinski definition) is 4. The molecule has 0 aliphatic carbocycles. The lowest BCUT2D eigenvalue weighted by molar-refractivity contribution is -0.127. The van der Waals surface area contributed by atoms with Crippen LogP contribution in [0.4, 0.5) is 0 Å². The normalized spacial score (nSPS) is 10.4. The van der Waals surface area contributed by atoms with Crippen molar-refractivity contribution in [2.45, 2.75) is 33.9 Å². The number of amides is 1. The third kappa shape index (κ3) is 4.22. The number of nitrogens with zero attached hydrogens (tertiary/aromatic N) is 2. The zero-order chi connectivity index (χ0) is 16.8. The lowest BCUT2D eigenvalue weighted by Gasteiger charge is -2.21. The van der Waals surface area contributed by atoms with Crippen molar-refractivity contribution in [1.29, 1.82) is 0 Å². The second-order valence-corrected chi connectivity index (χ2v) is 5.28. The van der Waals surface area contributed by atoms with E-state index in [0.717, 1.165) is 28.3 Å². The van der Waals surface area contributed by atoms with Gasteiger partial charge in [0.1, 0.15) is 11.5 Å². The smallest absolute Gasteiger partial charge is 0.246 e. The third-order valence-electron chi connectivity index (χ3n) is 3.60. The molecule has 1 heterocycles. The number of aryl methyl sites for hydroxylation is 2. The minimum atomic E-state index is -0.133. The quantitative estimate of drug-likeness (QED) is 0.735. The minimum absolute atomic E-state index is 0.133. The maximum Gasteiger partial charge on any atom is 0.246 e. The van der Waals surface area contributed by atoms with Crippen molar-refractivity contribution in [3.63, 3.8) is 0 Å². The molecule has 0 aliphatic heterocycles. The SMILES string of the molecule is C=CC(=O)N(Cc1cccc(OCC)c1)Cc1c(C)noc1C. The number of aromatic nitrogens is 1. The van der Waals surface area contributed by atoms with Gasteiger partial charge in [-0.25, -0.2) is 0 Å². The van der Waals surface area contributed by atoms with Gasteiger partial charge in [0.15, 0.2) is 0 Å². The summed E-state index contributed by atoms with van der Waals surface area (Å²) in [6, 6.07) is 7.74.